The molecule has 0 saturated heterocycles. The Labute approximate surface area is 138 Å². The Morgan fingerprint density at radius 2 is 2.04 bits per heavy atom. The molecule has 0 bridgehead atoms. The lowest BCUT2D eigenvalue weighted by Crippen LogP contribution is -2.26. The molecule has 0 radical (unpaired) electrons. The second kappa shape index (κ2) is 5.49. The van der Waals surface area contributed by atoms with Crippen LogP contribution >= 0.6 is 11.6 Å². The van der Waals surface area contributed by atoms with Crippen molar-refractivity contribution in [2.45, 2.75) is 6.92 Å². The molecule has 0 saturated carbocycles. The van der Waals surface area contributed by atoms with Gasteiger partial charge in [-0.25, -0.2) is 4.68 Å². The number of nitrogens with zero attached hydrogens (tertiary/aromatic N) is 3. The van der Waals surface area contributed by atoms with Crippen LogP contribution in [0.3, 0.4) is 0 Å². The number of hydrogen-bond acceptors (Lipinski definition) is 3. The van der Waals surface area contributed by atoms with E-state index in [2.05, 4.69) is 11.0 Å². The molecule has 5 nitrogen and oxygen atoms in total. The fourth-order valence-corrected chi connectivity index (χ4v) is 3.04. The quantitative estimate of drug-likeness (QED) is 0.680. The smallest absolute Gasteiger partial charge is 0.294 e. The number of hydrogen-bond donors (Lipinski definition) is 0. The minimum absolute atomic E-state index is 0.304. The van der Waals surface area contributed by atoms with E-state index in [0.29, 0.717) is 27.8 Å². The topological polar surface area (TPSA) is 49.0 Å². The molecule has 0 unspecified atom stereocenters. The number of aryl methyl sites for hydroxylation is 2. The number of aromatic nitrogens is 3. The van der Waals surface area contributed by atoms with Gasteiger partial charge in [-0.05, 0) is 13.0 Å². The molecule has 0 aliphatic carbocycles. The number of halogens is 1. The van der Waals surface area contributed by atoms with Gasteiger partial charge >= 0.3 is 0 Å². The van der Waals surface area contributed by atoms with Crippen molar-refractivity contribution in [3.8, 4) is 23.8 Å². The van der Waals surface area contributed by atoms with Crippen LogP contribution in [0.5, 0.6) is 5.75 Å². The van der Waals surface area contributed by atoms with Crippen molar-refractivity contribution in [3.05, 3.63) is 51.0 Å². The fraction of sp³-hybridized carbons (Fsp3) is 0.176. The molecule has 3 aromatic rings. The lowest BCUT2D eigenvalue weighted by molar-refractivity contribution is 0.401. The largest absolute Gasteiger partial charge is 0.492 e. The number of ether oxygens (including phenoxy) is 1. The van der Waals surface area contributed by atoms with Gasteiger partial charge in [-0.1, -0.05) is 35.7 Å². The number of rotatable bonds is 2. The Kier molecular flexibility index (Phi) is 3.63. The van der Waals surface area contributed by atoms with Crippen molar-refractivity contribution >= 4 is 22.5 Å². The van der Waals surface area contributed by atoms with Gasteiger partial charge in [0.05, 0.1) is 17.6 Å². The summed E-state index contributed by atoms with van der Waals surface area (Å²) in [5.74, 6) is 2.95. The highest BCUT2D eigenvalue weighted by Gasteiger charge is 2.23. The molecule has 2 heterocycles. The van der Waals surface area contributed by atoms with Crippen LogP contribution in [0.1, 0.15) is 11.4 Å². The Balaban J connectivity index is 2.58. The molecule has 116 valence electrons. The molecule has 0 spiro atoms. The number of benzene rings is 1. The molecule has 0 amide bonds. The van der Waals surface area contributed by atoms with Crippen molar-refractivity contribution in [3.63, 3.8) is 0 Å². The van der Waals surface area contributed by atoms with Crippen molar-refractivity contribution in [1.82, 2.24) is 14.3 Å². The zero-order chi connectivity index (χ0) is 16.7. The van der Waals surface area contributed by atoms with E-state index < -0.39 is 0 Å². The van der Waals surface area contributed by atoms with E-state index in [-0.39, 0.29) is 5.56 Å². The summed E-state index contributed by atoms with van der Waals surface area (Å²) in [6.07, 6.45) is 5.65. The average molecular weight is 328 g/mol. The molecule has 6 heteroatoms. The fourth-order valence-electron chi connectivity index (χ4n) is 2.74. The van der Waals surface area contributed by atoms with Gasteiger partial charge in [-0.2, -0.15) is 5.10 Å². The number of fused-ring (bicyclic) bond motifs is 1. The lowest BCUT2D eigenvalue weighted by atomic mass is 10.2. The van der Waals surface area contributed by atoms with Crippen molar-refractivity contribution < 1.29 is 4.74 Å². The van der Waals surface area contributed by atoms with Gasteiger partial charge in [0.2, 0.25) is 0 Å². The molecule has 3 rings (SSSR count). The van der Waals surface area contributed by atoms with Crippen LogP contribution in [0, 0.1) is 19.3 Å². The summed E-state index contributed by atoms with van der Waals surface area (Å²) in [4.78, 5) is 12.7. The highest BCUT2D eigenvalue weighted by atomic mass is 35.5. The molecule has 0 aliphatic rings. The van der Waals surface area contributed by atoms with Gasteiger partial charge < -0.3 is 4.74 Å². The molecule has 2 aromatic heterocycles. The van der Waals surface area contributed by atoms with Crippen LogP contribution in [0.15, 0.2) is 29.1 Å². The van der Waals surface area contributed by atoms with Crippen molar-refractivity contribution in [2.75, 3.05) is 7.11 Å². The zero-order valence-corrected chi connectivity index (χ0v) is 13.7. The SMILES string of the molecule is C#Cc1c(Cl)c2ccccc2n1-c1c(OC)c(C)nn(C)c1=O. The van der Waals surface area contributed by atoms with Crippen molar-refractivity contribution in [1.29, 1.82) is 0 Å². The number of methoxy groups -OCH3 is 1. The van der Waals surface area contributed by atoms with Gasteiger partial charge in [0.15, 0.2) is 11.4 Å². The van der Waals surface area contributed by atoms with E-state index in [9.17, 15) is 4.79 Å². The summed E-state index contributed by atoms with van der Waals surface area (Å²) < 4.78 is 8.34. The first-order valence-electron chi connectivity index (χ1n) is 6.89. The Hall–Kier alpha value is -2.71. The Morgan fingerprint density at radius 3 is 2.70 bits per heavy atom. The van der Waals surface area contributed by atoms with Crippen LogP contribution < -0.4 is 10.3 Å². The van der Waals surface area contributed by atoms with Gasteiger partial charge in [-0.15, -0.1) is 6.42 Å². The Bertz CT molecular complexity index is 1020. The highest BCUT2D eigenvalue weighted by molar-refractivity contribution is 6.37. The van der Waals surface area contributed by atoms with Crippen LogP contribution in [0.4, 0.5) is 0 Å². The number of para-hydroxylation sites is 1. The predicted molar refractivity (Wildman–Crippen MR) is 90.5 cm³/mol. The van der Waals surface area contributed by atoms with E-state index >= 15 is 0 Å². The Morgan fingerprint density at radius 1 is 1.35 bits per heavy atom. The minimum Gasteiger partial charge on any atom is -0.492 e. The third-order valence-electron chi connectivity index (χ3n) is 3.72. The molecular formula is C17H14ClN3O2. The average Bonchev–Trinajstić information content (AvgIpc) is 2.83. The molecule has 0 aliphatic heterocycles. The first-order valence-corrected chi connectivity index (χ1v) is 7.26. The lowest BCUT2D eigenvalue weighted by Gasteiger charge is -2.14. The monoisotopic (exact) mass is 327 g/mol. The maximum Gasteiger partial charge on any atom is 0.294 e. The molecular weight excluding hydrogens is 314 g/mol. The first-order chi connectivity index (χ1) is 11.0. The minimum atomic E-state index is -0.318. The molecule has 23 heavy (non-hydrogen) atoms. The van der Waals surface area contributed by atoms with Gasteiger partial charge in [0.1, 0.15) is 11.4 Å². The van der Waals surface area contributed by atoms with Crippen LogP contribution in [0.2, 0.25) is 5.02 Å². The van der Waals surface area contributed by atoms with E-state index in [1.807, 2.05) is 24.3 Å². The third-order valence-corrected chi connectivity index (χ3v) is 4.10. The second-order valence-corrected chi connectivity index (χ2v) is 5.43. The summed E-state index contributed by atoms with van der Waals surface area (Å²) in [7, 11) is 3.08. The zero-order valence-electron chi connectivity index (χ0n) is 12.9. The summed E-state index contributed by atoms with van der Waals surface area (Å²) >= 11 is 6.41. The van der Waals surface area contributed by atoms with Gasteiger partial charge in [-0.3, -0.25) is 9.36 Å². The molecule has 0 N–H and O–H groups in total. The molecule has 0 fully saturated rings. The van der Waals surface area contributed by atoms with Gasteiger partial charge in [0.25, 0.3) is 5.56 Å². The summed E-state index contributed by atoms with van der Waals surface area (Å²) in [6.45, 7) is 1.77. The van der Waals surface area contributed by atoms with E-state index in [1.54, 1.807) is 18.5 Å². The third kappa shape index (κ3) is 2.11. The second-order valence-electron chi connectivity index (χ2n) is 5.06. The van der Waals surface area contributed by atoms with Crippen LogP contribution in [0.25, 0.3) is 16.6 Å². The van der Waals surface area contributed by atoms with Crippen molar-refractivity contribution in [2.24, 2.45) is 7.05 Å². The van der Waals surface area contributed by atoms with E-state index in [4.69, 9.17) is 22.8 Å². The van der Waals surface area contributed by atoms with Crippen LogP contribution in [-0.4, -0.2) is 21.5 Å². The predicted octanol–water partition coefficient (Wildman–Crippen LogP) is 2.68. The summed E-state index contributed by atoms with van der Waals surface area (Å²) in [6, 6.07) is 7.45. The standard InChI is InChI=1S/C17H14ClN3O2/c1-5-12-14(18)11-8-6-7-9-13(11)21(12)15-16(23-4)10(2)19-20(3)17(15)22/h1,6-9H,2-4H3. The maximum absolute atomic E-state index is 12.7. The number of terminal acetylenes is 1. The van der Waals surface area contributed by atoms with E-state index in [0.717, 1.165) is 10.9 Å². The van der Waals surface area contributed by atoms with E-state index in [1.165, 1.54) is 11.8 Å². The van der Waals surface area contributed by atoms with Crippen LogP contribution in [-0.2, 0) is 7.05 Å². The van der Waals surface area contributed by atoms with Gasteiger partial charge in [0, 0.05) is 12.4 Å². The highest BCUT2D eigenvalue weighted by Crippen LogP contribution is 2.34. The maximum atomic E-state index is 12.7. The first kappa shape index (κ1) is 15.2. The molecule has 1 aromatic carbocycles. The summed E-state index contributed by atoms with van der Waals surface area (Å²) in [5.41, 5.74) is 1.72. The summed E-state index contributed by atoms with van der Waals surface area (Å²) in [5, 5.41) is 5.36. The normalized spacial score (nSPS) is 10.7. The molecule has 0 atom stereocenters.